The van der Waals surface area contributed by atoms with Crippen molar-refractivity contribution in [2.24, 2.45) is 7.05 Å². The van der Waals surface area contributed by atoms with Crippen molar-refractivity contribution < 1.29 is 31.8 Å². The van der Waals surface area contributed by atoms with Crippen molar-refractivity contribution in [3.05, 3.63) is 75.5 Å². The predicted molar refractivity (Wildman–Crippen MR) is 119 cm³/mol. The van der Waals surface area contributed by atoms with Gasteiger partial charge in [-0.25, -0.2) is 9.18 Å². The highest BCUT2D eigenvalue weighted by Crippen LogP contribution is 2.35. The summed E-state index contributed by atoms with van der Waals surface area (Å²) in [5, 5.41) is 8.89. The second-order valence-corrected chi connectivity index (χ2v) is 7.87. The van der Waals surface area contributed by atoms with Gasteiger partial charge in [-0.1, -0.05) is 6.07 Å². The van der Waals surface area contributed by atoms with Gasteiger partial charge in [0, 0.05) is 26.2 Å². The van der Waals surface area contributed by atoms with Crippen LogP contribution in [0.4, 0.5) is 23.4 Å². The molecule has 0 N–H and O–H groups in total. The van der Waals surface area contributed by atoms with Crippen LogP contribution >= 0.6 is 0 Å². The van der Waals surface area contributed by atoms with Gasteiger partial charge in [0.1, 0.15) is 18.2 Å². The average Bonchev–Trinajstić information content (AvgIpc) is 2.86. The van der Waals surface area contributed by atoms with Gasteiger partial charge in [0.25, 0.3) is 0 Å². The number of morpholine rings is 1. The summed E-state index contributed by atoms with van der Waals surface area (Å²) in [4.78, 5) is 18.1. The lowest BCUT2D eigenvalue weighted by atomic mass is 10.1. The smallest absolute Gasteiger partial charge is 0.417 e. The number of nitrogens with zero attached hydrogens (tertiary/aromatic N) is 4. The zero-order valence-corrected chi connectivity index (χ0v) is 19.0. The molecule has 3 aromatic rings. The van der Waals surface area contributed by atoms with Gasteiger partial charge < -0.3 is 19.1 Å². The number of hydrogen-bond acceptors (Lipinski definition) is 7. The van der Waals surface area contributed by atoms with Crippen molar-refractivity contribution in [2.45, 2.75) is 12.8 Å². The second kappa shape index (κ2) is 10.2. The van der Waals surface area contributed by atoms with Crippen LogP contribution < -0.4 is 20.1 Å². The Morgan fingerprint density at radius 3 is 2.56 bits per heavy atom. The maximum Gasteiger partial charge on any atom is 0.417 e. The van der Waals surface area contributed by atoms with Gasteiger partial charge in [0.05, 0.1) is 30.4 Å². The van der Waals surface area contributed by atoms with E-state index >= 15 is 0 Å². The molecule has 0 spiro atoms. The molecule has 0 radical (unpaired) electrons. The molecule has 0 unspecified atom stereocenters. The molecule has 1 fully saturated rings. The summed E-state index contributed by atoms with van der Waals surface area (Å²) in [5.74, 6) is -0.733. The SMILES string of the molecule is Cn1c(N2CCOCC2)cc(OCc2ccc(Oc3ccc(C#N)c(C(F)(F)F)c3)c(F)c2)nc1=O. The normalized spacial score (nSPS) is 13.8. The van der Waals surface area contributed by atoms with E-state index in [0.29, 0.717) is 43.8 Å². The first kappa shape index (κ1) is 25.0. The lowest BCUT2D eigenvalue weighted by Gasteiger charge is -2.29. The van der Waals surface area contributed by atoms with Crippen LogP contribution in [0.5, 0.6) is 17.4 Å². The predicted octanol–water partition coefficient (Wildman–Crippen LogP) is 4.02. The first-order chi connectivity index (χ1) is 17.2. The summed E-state index contributed by atoms with van der Waals surface area (Å²) in [6, 6.07) is 9.66. The van der Waals surface area contributed by atoms with Crippen LogP contribution in [0.15, 0.2) is 47.3 Å². The first-order valence-corrected chi connectivity index (χ1v) is 10.8. The highest BCUT2D eigenvalue weighted by Gasteiger charge is 2.34. The van der Waals surface area contributed by atoms with E-state index in [9.17, 15) is 22.4 Å². The maximum absolute atomic E-state index is 14.6. The van der Waals surface area contributed by atoms with Crippen LogP contribution in [-0.4, -0.2) is 35.9 Å². The molecule has 0 atom stereocenters. The molecule has 0 bridgehead atoms. The van der Waals surface area contributed by atoms with E-state index in [0.717, 1.165) is 18.2 Å². The van der Waals surface area contributed by atoms with Gasteiger partial charge >= 0.3 is 11.9 Å². The van der Waals surface area contributed by atoms with E-state index < -0.39 is 28.8 Å². The highest BCUT2D eigenvalue weighted by atomic mass is 19.4. The molecular formula is C24H20F4N4O4. The maximum atomic E-state index is 14.6. The van der Waals surface area contributed by atoms with E-state index in [1.165, 1.54) is 22.8 Å². The van der Waals surface area contributed by atoms with Crippen LogP contribution in [0.1, 0.15) is 16.7 Å². The Hall–Kier alpha value is -4.11. The molecule has 36 heavy (non-hydrogen) atoms. The highest BCUT2D eigenvalue weighted by molar-refractivity contribution is 5.46. The van der Waals surface area contributed by atoms with E-state index in [2.05, 4.69) is 4.98 Å². The summed E-state index contributed by atoms with van der Waals surface area (Å²) < 4.78 is 71.7. The number of anilines is 1. The molecule has 0 saturated carbocycles. The minimum Gasteiger partial charge on any atom is -0.473 e. The summed E-state index contributed by atoms with van der Waals surface area (Å²) in [7, 11) is 1.60. The molecule has 12 heteroatoms. The van der Waals surface area contributed by atoms with Gasteiger partial charge in [0.2, 0.25) is 5.88 Å². The third-order valence-corrected chi connectivity index (χ3v) is 5.45. The zero-order chi connectivity index (χ0) is 25.9. The Balaban J connectivity index is 1.48. The second-order valence-electron chi connectivity index (χ2n) is 7.87. The van der Waals surface area contributed by atoms with Crippen molar-refractivity contribution in [3.8, 4) is 23.4 Å². The van der Waals surface area contributed by atoms with Gasteiger partial charge in [-0.05, 0) is 35.9 Å². The summed E-state index contributed by atoms with van der Waals surface area (Å²) in [6.07, 6.45) is -4.77. The molecule has 2 heterocycles. The van der Waals surface area contributed by atoms with Gasteiger partial charge in [-0.2, -0.15) is 23.4 Å². The summed E-state index contributed by atoms with van der Waals surface area (Å²) in [6.45, 7) is 2.15. The number of hydrogen-bond donors (Lipinski definition) is 0. The lowest BCUT2D eigenvalue weighted by molar-refractivity contribution is -0.137. The Morgan fingerprint density at radius 2 is 1.89 bits per heavy atom. The molecule has 2 aromatic carbocycles. The topological polar surface area (TPSA) is 89.6 Å². The van der Waals surface area contributed by atoms with Crippen LogP contribution in [0.2, 0.25) is 0 Å². The third-order valence-electron chi connectivity index (χ3n) is 5.45. The van der Waals surface area contributed by atoms with Crippen molar-refractivity contribution in [1.29, 1.82) is 5.26 Å². The molecule has 8 nitrogen and oxygen atoms in total. The monoisotopic (exact) mass is 504 g/mol. The molecular weight excluding hydrogens is 484 g/mol. The Morgan fingerprint density at radius 1 is 1.14 bits per heavy atom. The van der Waals surface area contributed by atoms with E-state index in [1.54, 1.807) is 13.1 Å². The zero-order valence-electron chi connectivity index (χ0n) is 19.0. The van der Waals surface area contributed by atoms with Crippen LogP contribution in [0.25, 0.3) is 0 Å². The van der Waals surface area contributed by atoms with Gasteiger partial charge in [-0.15, -0.1) is 0 Å². The van der Waals surface area contributed by atoms with Crippen molar-refractivity contribution in [2.75, 3.05) is 31.2 Å². The number of rotatable bonds is 6. The molecule has 1 saturated heterocycles. The molecule has 1 aliphatic rings. The summed E-state index contributed by atoms with van der Waals surface area (Å²) in [5.41, 5.74) is -1.87. The van der Waals surface area contributed by atoms with Crippen LogP contribution in [0.3, 0.4) is 0 Å². The fourth-order valence-electron chi connectivity index (χ4n) is 3.60. The minimum absolute atomic E-state index is 0.0672. The van der Waals surface area contributed by atoms with E-state index in [1.807, 2.05) is 4.90 Å². The summed E-state index contributed by atoms with van der Waals surface area (Å²) >= 11 is 0. The Bertz CT molecular complexity index is 1360. The van der Waals surface area contributed by atoms with Crippen molar-refractivity contribution in [1.82, 2.24) is 9.55 Å². The van der Waals surface area contributed by atoms with Gasteiger partial charge in [-0.3, -0.25) is 4.57 Å². The van der Waals surface area contributed by atoms with E-state index in [4.69, 9.17) is 19.5 Å². The number of ether oxygens (including phenoxy) is 3. The van der Waals surface area contributed by atoms with Crippen molar-refractivity contribution in [3.63, 3.8) is 0 Å². The van der Waals surface area contributed by atoms with Crippen LogP contribution in [0, 0.1) is 17.1 Å². The molecule has 1 aromatic heterocycles. The fourth-order valence-corrected chi connectivity index (χ4v) is 3.60. The number of nitriles is 1. The molecule has 1 aliphatic heterocycles. The number of halogens is 4. The molecule has 0 aliphatic carbocycles. The van der Waals surface area contributed by atoms with Crippen LogP contribution in [-0.2, 0) is 24.6 Å². The number of benzene rings is 2. The van der Waals surface area contributed by atoms with Gasteiger partial charge in [0.15, 0.2) is 11.6 Å². The lowest BCUT2D eigenvalue weighted by Crippen LogP contribution is -2.39. The largest absolute Gasteiger partial charge is 0.473 e. The Labute approximate surface area is 202 Å². The molecule has 4 rings (SSSR count). The minimum atomic E-state index is -4.77. The third kappa shape index (κ3) is 5.58. The number of alkyl halides is 3. The molecule has 0 amide bonds. The average molecular weight is 504 g/mol. The quantitative estimate of drug-likeness (QED) is 0.469. The fraction of sp³-hybridized carbons (Fsp3) is 0.292. The Kier molecular flexibility index (Phi) is 7.12. The van der Waals surface area contributed by atoms with Crippen molar-refractivity contribution >= 4 is 5.82 Å². The first-order valence-electron chi connectivity index (χ1n) is 10.8. The standard InChI is InChI=1S/C24H20F4N4O4/c1-31-22(32-6-8-34-9-7-32)12-21(30-23(31)33)35-14-15-2-5-20(19(25)10-15)36-17-4-3-16(13-29)18(11-17)24(26,27)28/h2-5,10-12H,6-9,14H2,1H3. The molecule has 188 valence electrons. The van der Waals surface area contributed by atoms with E-state index in [-0.39, 0.29) is 24.0 Å². The number of aromatic nitrogens is 2.